The Bertz CT molecular complexity index is 296. The number of amides is 1. The van der Waals surface area contributed by atoms with Gasteiger partial charge in [-0.1, -0.05) is 32.9 Å². The number of allylic oxidation sites excluding steroid dienone is 2. The highest BCUT2D eigenvalue weighted by Crippen LogP contribution is 2.40. The van der Waals surface area contributed by atoms with Gasteiger partial charge >= 0.3 is 0 Å². The first-order chi connectivity index (χ1) is 7.13. The molecule has 0 saturated carbocycles. The first kappa shape index (κ1) is 13.3. The van der Waals surface area contributed by atoms with E-state index >= 15 is 0 Å². The summed E-state index contributed by atoms with van der Waals surface area (Å²) in [6.07, 6.45) is 5.35. The van der Waals surface area contributed by atoms with Crippen LogP contribution in [-0.4, -0.2) is 11.4 Å². The molecule has 0 aromatic rings. The van der Waals surface area contributed by atoms with Crippen LogP contribution in [0.4, 0.5) is 0 Å². The largest absolute Gasteiger partial charge is 0.351 e. The van der Waals surface area contributed by atoms with Crippen LogP contribution in [0.2, 0.25) is 0 Å². The van der Waals surface area contributed by atoms with Crippen LogP contribution in [0.25, 0.3) is 0 Å². The predicted octanol–water partition coefficient (Wildman–Crippen LogP) is 3.14. The average Bonchev–Trinajstić information content (AvgIpc) is 1.97. The van der Waals surface area contributed by atoms with Crippen molar-refractivity contribution in [1.29, 1.82) is 0 Å². The van der Waals surface area contributed by atoms with E-state index in [0.29, 0.717) is 5.92 Å². The molecule has 2 unspecified atom stereocenters. The van der Waals surface area contributed by atoms with E-state index in [4.69, 9.17) is 0 Å². The van der Waals surface area contributed by atoms with Crippen LogP contribution in [0.3, 0.4) is 0 Å². The summed E-state index contributed by atoms with van der Waals surface area (Å²) in [6, 6.07) is 0. The van der Waals surface area contributed by atoms with Gasteiger partial charge in [-0.05, 0) is 38.5 Å². The third-order valence-corrected chi connectivity index (χ3v) is 3.23. The molecule has 1 aliphatic carbocycles. The lowest BCUT2D eigenvalue weighted by atomic mass is 9.66. The third kappa shape index (κ3) is 3.10. The summed E-state index contributed by atoms with van der Waals surface area (Å²) >= 11 is 0. The van der Waals surface area contributed by atoms with Crippen molar-refractivity contribution < 1.29 is 4.79 Å². The van der Waals surface area contributed by atoms with E-state index in [1.54, 1.807) is 0 Å². The van der Waals surface area contributed by atoms with Gasteiger partial charge in [0.1, 0.15) is 0 Å². The lowest BCUT2D eigenvalue weighted by molar-refractivity contribution is -0.131. The molecule has 0 spiro atoms. The van der Waals surface area contributed by atoms with Crippen molar-refractivity contribution in [3.63, 3.8) is 0 Å². The van der Waals surface area contributed by atoms with E-state index < -0.39 is 0 Å². The van der Waals surface area contributed by atoms with Gasteiger partial charge in [-0.3, -0.25) is 4.79 Å². The van der Waals surface area contributed by atoms with E-state index in [2.05, 4.69) is 38.2 Å². The molecule has 1 rings (SSSR count). The number of carbonyl (C=O) groups is 1. The minimum absolute atomic E-state index is 0.0590. The van der Waals surface area contributed by atoms with Crippen molar-refractivity contribution in [2.75, 3.05) is 0 Å². The Morgan fingerprint density at radius 2 is 1.94 bits per heavy atom. The Labute approximate surface area is 99.5 Å². The molecule has 2 nitrogen and oxygen atoms in total. The van der Waals surface area contributed by atoms with Crippen LogP contribution in [0.15, 0.2) is 12.2 Å². The van der Waals surface area contributed by atoms with Crippen LogP contribution < -0.4 is 5.32 Å². The first-order valence-electron chi connectivity index (χ1n) is 6.12. The van der Waals surface area contributed by atoms with Gasteiger partial charge in [0.05, 0.1) is 0 Å². The fraction of sp³-hybridized carbons (Fsp3) is 0.786. The lowest BCUT2D eigenvalue weighted by Gasteiger charge is -2.40. The number of hydrogen-bond donors (Lipinski definition) is 1. The molecule has 1 N–H and O–H groups in total. The Balaban J connectivity index is 2.85. The molecule has 0 bridgehead atoms. The Morgan fingerprint density at radius 3 is 2.38 bits per heavy atom. The van der Waals surface area contributed by atoms with Crippen molar-refractivity contribution in [3.8, 4) is 0 Å². The quantitative estimate of drug-likeness (QED) is 0.680. The normalized spacial score (nSPS) is 28.9. The van der Waals surface area contributed by atoms with Gasteiger partial charge in [-0.25, -0.2) is 0 Å². The van der Waals surface area contributed by atoms with E-state index in [0.717, 1.165) is 6.42 Å². The summed E-state index contributed by atoms with van der Waals surface area (Å²) in [5, 5.41) is 3.10. The monoisotopic (exact) mass is 223 g/mol. The summed E-state index contributed by atoms with van der Waals surface area (Å²) in [5.41, 5.74) is -0.0858. The standard InChI is InChI=1S/C14H25NO/c1-10-8-7-9-14(5,6)11(10)12(16)15-13(2,3)4/h7-8,10-11H,9H2,1-6H3,(H,15,16). The summed E-state index contributed by atoms with van der Waals surface area (Å²) in [4.78, 5) is 12.3. The maximum atomic E-state index is 12.3. The zero-order chi connectivity index (χ0) is 12.6. The molecule has 0 heterocycles. The van der Waals surface area contributed by atoms with Crippen molar-refractivity contribution in [2.45, 2.75) is 53.5 Å². The minimum atomic E-state index is -0.145. The lowest BCUT2D eigenvalue weighted by Crippen LogP contribution is -2.49. The maximum absolute atomic E-state index is 12.3. The highest BCUT2D eigenvalue weighted by Gasteiger charge is 2.40. The van der Waals surface area contributed by atoms with E-state index in [-0.39, 0.29) is 22.8 Å². The van der Waals surface area contributed by atoms with Crippen LogP contribution in [0.1, 0.15) is 48.0 Å². The minimum Gasteiger partial charge on any atom is -0.351 e. The Hall–Kier alpha value is -0.790. The first-order valence-corrected chi connectivity index (χ1v) is 6.12. The number of carbonyl (C=O) groups excluding carboxylic acids is 1. The van der Waals surface area contributed by atoms with Crippen molar-refractivity contribution >= 4 is 5.91 Å². The van der Waals surface area contributed by atoms with Crippen LogP contribution >= 0.6 is 0 Å². The molecule has 0 saturated heterocycles. The number of rotatable bonds is 1. The van der Waals surface area contributed by atoms with Gasteiger partial charge in [-0.15, -0.1) is 0 Å². The fourth-order valence-electron chi connectivity index (χ4n) is 2.58. The molecule has 1 amide bonds. The van der Waals surface area contributed by atoms with Gasteiger partial charge in [0.15, 0.2) is 0 Å². The molecule has 2 heteroatoms. The van der Waals surface area contributed by atoms with Crippen molar-refractivity contribution in [2.24, 2.45) is 17.3 Å². The smallest absolute Gasteiger partial charge is 0.224 e. The zero-order valence-electron chi connectivity index (χ0n) is 11.4. The fourth-order valence-corrected chi connectivity index (χ4v) is 2.58. The Kier molecular flexibility index (Phi) is 3.51. The molecule has 1 aliphatic rings. The average molecular weight is 223 g/mol. The topological polar surface area (TPSA) is 29.1 Å². The van der Waals surface area contributed by atoms with Gasteiger partial charge in [0, 0.05) is 11.5 Å². The van der Waals surface area contributed by atoms with E-state index in [1.165, 1.54) is 0 Å². The van der Waals surface area contributed by atoms with Gasteiger partial charge in [-0.2, -0.15) is 0 Å². The Morgan fingerprint density at radius 1 is 1.38 bits per heavy atom. The molecule has 92 valence electrons. The maximum Gasteiger partial charge on any atom is 0.224 e. The third-order valence-electron chi connectivity index (χ3n) is 3.23. The van der Waals surface area contributed by atoms with Crippen LogP contribution in [-0.2, 0) is 4.79 Å². The molecule has 0 fully saturated rings. The molecule has 16 heavy (non-hydrogen) atoms. The molecular formula is C14H25NO. The predicted molar refractivity (Wildman–Crippen MR) is 68.1 cm³/mol. The van der Waals surface area contributed by atoms with Crippen LogP contribution in [0.5, 0.6) is 0 Å². The molecule has 2 atom stereocenters. The summed E-state index contributed by atoms with van der Waals surface area (Å²) in [6.45, 7) is 12.6. The molecule has 0 aromatic heterocycles. The second kappa shape index (κ2) is 4.23. The zero-order valence-corrected chi connectivity index (χ0v) is 11.4. The van der Waals surface area contributed by atoms with E-state index in [9.17, 15) is 4.79 Å². The summed E-state index contributed by atoms with van der Waals surface area (Å²) < 4.78 is 0. The SMILES string of the molecule is CC1C=CCC(C)(C)C1C(=O)NC(C)(C)C. The number of nitrogens with one attached hydrogen (secondary N) is 1. The van der Waals surface area contributed by atoms with E-state index in [1.807, 2.05) is 20.8 Å². The van der Waals surface area contributed by atoms with Crippen molar-refractivity contribution in [1.82, 2.24) is 5.32 Å². The van der Waals surface area contributed by atoms with Crippen LogP contribution in [0, 0.1) is 17.3 Å². The van der Waals surface area contributed by atoms with Gasteiger partial charge in [0.25, 0.3) is 0 Å². The second-order valence-corrected chi connectivity index (χ2v) is 6.70. The number of hydrogen-bond acceptors (Lipinski definition) is 1. The highest BCUT2D eigenvalue weighted by atomic mass is 16.2. The summed E-state index contributed by atoms with van der Waals surface area (Å²) in [5.74, 6) is 0.595. The molecule has 0 aromatic carbocycles. The summed E-state index contributed by atoms with van der Waals surface area (Å²) in [7, 11) is 0. The molecule has 0 radical (unpaired) electrons. The highest BCUT2D eigenvalue weighted by molar-refractivity contribution is 5.80. The molecule has 0 aliphatic heterocycles. The second-order valence-electron chi connectivity index (χ2n) is 6.70. The van der Waals surface area contributed by atoms with Crippen molar-refractivity contribution in [3.05, 3.63) is 12.2 Å². The molecular weight excluding hydrogens is 198 g/mol. The van der Waals surface area contributed by atoms with Gasteiger partial charge < -0.3 is 5.32 Å². The van der Waals surface area contributed by atoms with Gasteiger partial charge in [0.2, 0.25) is 5.91 Å².